The number of sulfonamides is 1. The summed E-state index contributed by atoms with van der Waals surface area (Å²) in [5.74, 6) is -0.401. The molecular weight excluding hydrogens is 304 g/mol. The quantitative estimate of drug-likeness (QED) is 0.741. The van der Waals surface area contributed by atoms with Crippen LogP contribution in [0.25, 0.3) is 10.8 Å². The number of rotatable bonds is 7. The lowest BCUT2D eigenvalue weighted by molar-refractivity contribution is -0.120. The molecule has 0 aromatic heterocycles. The second-order valence-electron chi connectivity index (χ2n) is 4.68. The minimum absolute atomic E-state index is 0.135. The van der Waals surface area contributed by atoms with Crippen LogP contribution in [0.4, 0.5) is 0 Å². The number of ether oxygens (including phenoxy) is 1. The van der Waals surface area contributed by atoms with E-state index in [1.165, 1.54) is 13.2 Å². The molecule has 2 aromatic carbocycles. The molecule has 0 saturated carbocycles. The van der Waals surface area contributed by atoms with Crippen molar-refractivity contribution in [1.82, 2.24) is 10.0 Å². The second-order valence-corrected chi connectivity index (χ2v) is 6.44. The van der Waals surface area contributed by atoms with Gasteiger partial charge in [0.05, 0.1) is 18.0 Å². The average molecular weight is 322 g/mol. The number of methoxy groups -OCH3 is 1. The third-order valence-electron chi connectivity index (χ3n) is 3.08. The van der Waals surface area contributed by atoms with Gasteiger partial charge in [-0.3, -0.25) is 4.79 Å². The Hall–Kier alpha value is -1.96. The summed E-state index contributed by atoms with van der Waals surface area (Å²) in [5.41, 5.74) is 0. The number of nitrogens with one attached hydrogen (secondary N) is 2. The van der Waals surface area contributed by atoms with E-state index in [0.29, 0.717) is 13.2 Å². The van der Waals surface area contributed by atoms with Crippen molar-refractivity contribution in [3.8, 4) is 0 Å². The molecule has 0 unspecified atom stereocenters. The Bertz CT molecular complexity index is 759. The van der Waals surface area contributed by atoms with E-state index in [2.05, 4.69) is 10.0 Å². The van der Waals surface area contributed by atoms with E-state index >= 15 is 0 Å². The molecule has 0 aliphatic carbocycles. The largest absolute Gasteiger partial charge is 0.383 e. The molecule has 2 rings (SSSR count). The fraction of sp³-hybridized carbons (Fsp3) is 0.267. The van der Waals surface area contributed by atoms with Gasteiger partial charge < -0.3 is 10.1 Å². The summed E-state index contributed by atoms with van der Waals surface area (Å²) < 4.78 is 31.5. The van der Waals surface area contributed by atoms with Crippen LogP contribution in [0, 0.1) is 0 Å². The third kappa shape index (κ3) is 4.27. The minimum atomic E-state index is -3.72. The Morgan fingerprint density at radius 1 is 1.14 bits per heavy atom. The Morgan fingerprint density at radius 3 is 2.59 bits per heavy atom. The van der Waals surface area contributed by atoms with Gasteiger partial charge in [0, 0.05) is 13.7 Å². The van der Waals surface area contributed by atoms with E-state index in [1.54, 1.807) is 12.1 Å². The Morgan fingerprint density at radius 2 is 1.86 bits per heavy atom. The zero-order chi connectivity index (χ0) is 16.0. The molecule has 118 valence electrons. The van der Waals surface area contributed by atoms with E-state index in [0.717, 1.165) is 10.8 Å². The Labute approximate surface area is 129 Å². The summed E-state index contributed by atoms with van der Waals surface area (Å²) in [5, 5.41) is 4.33. The molecule has 7 heteroatoms. The molecular formula is C15H18N2O4S. The Kier molecular flexibility index (Phi) is 5.48. The molecule has 0 radical (unpaired) electrons. The molecule has 0 spiro atoms. The fourth-order valence-corrected chi connectivity index (χ4v) is 2.95. The van der Waals surface area contributed by atoms with Crippen molar-refractivity contribution >= 4 is 26.7 Å². The molecule has 0 bridgehead atoms. The van der Waals surface area contributed by atoms with Gasteiger partial charge in [0.25, 0.3) is 0 Å². The van der Waals surface area contributed by atoms with Gasteiger partial charge >= 0.3 is 0 Å². The molecule has 2 N–H and O–H groups in total. The third-order valence-corrected chi connectivity index (χ3v) is 4.48. The van der Waals surface area contributed by atoms with E-state index in [1.807, 2.05) is 24.3 Å². The highest BCUT2D eigenvalue weighted by atomic mass is 32.2. The summed E-state index contributed by atoms with van der Waals surface area (Å²) in [6, 6.07) is 12.3. The van der Waals surface area contributed by atoms with Crippen LogP contribution in [0.1, 0.15) is 0 Å². The number of carbonyl (C=O) groups excluding carboxylic acids is 1. The molecule has 6 nitrogen and oxygen atoms in total. The smallest absolute Gasteiger partial charge is 0.241 e. The number of carbonyl (C=O) groups is 1. The van der Waals surface area contributed by atoms with Crippen LogP contribution in [-0.4, -0.2) is 41.1 Å². The highest BCUT2D eigenvalue weighted by Crippen LogP contribution is 2.18. The number of benzene rings is 2. The fourth-order valence-electron chi connectivity index (χ4n) is 1.93. The highest BCUT2D eigenvalue weighted by Gasteiger charge is 2.15. The van der Waals surface area contributed by atoms with Crippen LogP contribution < -0.4 is 10.0 Å². The van der Waals surface area contributed by atoms with Crippen molar-refractivity contribution in [3.63, 3.8) is 0 Å². The first-order valence-corrected chi connectivity index (χ1v) is 8.25. The molecule has 0 aliphatic heterocycles. The molecule has 0 fully saturated rings. The van der Waals surface area contributed by atoms with Gasteiger partial charge in [0.15, 0.2) is 0 Å². The minimum Gasteiger partial charge on any atom is -0.383 e. The molecule has 0 heterocycles. The van der Waals surface area contributed by atoms with Crippen molar-refractivity contribution in [1.29, 1.82) is 0 Å². The van der Waals surface area contributed by atoms with Gasteiger partial charge in [0.2, 0.25) is 15.9 Å². The zero-order valence-electron chi connectivity index (χ0n) is 12.2. The SMILES string of the molecule is COCCNC(=O)CNS(=O)(=O)c1ccc2ccccc2c1. The van der Waals surface area contributed by atoms with Crippen LogP contribution in [0.3, 0.4) is 0 Å². The predicted molar refractivity (Wildman–Crippen MR) is 84.0 cm³/mol. The van der Waals surface area contributed by atoms with Crippen molar-refractivity contribution in [2.45, 2.75) is 4.90 Å². The monoisotopic (exact) mass is 322 g/mol. The molecule has 1 amide bonds. The topological polar surface area (TPSA) is 84.5 Å². The van der Waals surface area contributed by atoms with Crippen molar-refractivity contribution in [3.05, 3.63) is 42.5 Å². The van der Waals surface area contributed by atoms with Crippen molar-refractivity contribution in [2.24, 2.45) is 0 Å². The van der Waals surface area contributed by atoms with Crippen LogP contribution in [0.2, 0.25) is 0 Å². The van der Waals surface area contributed by atoms with E-state index in [9.17, 15) is 13.2 Å². The van der Waals surface area contributed by atoms with E-state index < -0.39 is 15.9 Å². The predicted octanol–water partition coefficient (Wildman–Crippen LogP) is 0.881. The number of fused-ring (bicyclic) bond motifs is 1. The van der Waals surface area contributed by atoms with Gasteiger partial charge in [-0.1, -0.05) is 30.3 Å². The summed E-state index contributed by atoms with van der Waals surface area (Å²) in [6.07, 6.45) is 0. The summed E-state index contributed by atoms with van der Waals surface area (Å²) >= 11 is 0. The lowest BCUT2D eigenvalue weighted by Gasteiger charge is -2.08. The number of amides is 1. The van der Waals surface area contributed by atoms with Gasteiger partial charge in [-0.15, -0.1) is 0 Å². The molecule has 0 atom stereocenters. The van der Waals surface area contributed by atoms with Gasteiger partial charge in [-0.25, -0.2) is 13.1 Å². The maximum Gasteiger partial charge on any atom is 0.241 e. The summed E-state index contributed by atoms with van der Waals surface area (Å²) in [7, 11) is -2.20. The first-order valence-electron chi connectivity index (χ1n) is 6.77. The van der Waals surface area contributed by atoms with Gasteiger partial charge in [0.1, 0.15) is 0 Å². The van der Waals surface area contributed by atoms with E-state index in [-0.39, 0.29) is 11.4 Å². The maximum absolute atomic E-state index is 12.2. The Balaban J connectivity index is 2.04. The number of hydrogen-bond donors (Lipinski definition) is 2. The molecule has 0 aliphatic rings. The maximum atomic E-state index is 12.2. The van der Waals surface area contributed by atoms with Crippen LogP contribution in [0.15, 0.2) is 47.4 Å². The second kappa shape index (κ2) is 7.35. The average Bonchev–Trinajstić information content (AvgIpc) is 2.53. The normalized spacial score (nSPS) is 11.5. The molecule has 2 aromatic rings. The lowest BCUT2D eigenvalue weighted by atomic mass is 10.1. The van der Waals surface area contributed by atoms with Crippen molar-refractivity contribution < 1.29 is 17.9 Å². The first kappa shape index (κ1) is 16.4. The van der Waals surface area contributed by atoms with Gasteiger partial charge in [-0.2, -0.15) is 0 Å². The molecule has 0 saturated heterocycles. The zero-order valence-corrected chi connectivity index (χ0v) is 13.0. The van der Waals surface area contributed by atoms with E-state index in [4.69, 9.17) is 4.74 Å². The first-order chi connectivity index (χ1) is 10.5. The van der Waals surface area contributed by atoms with Crippen LogP contribution in [0.5, 0.6) is 0 Å². The highest BCUT2D eigenvalue weighted by molar-refractivity contribution is 7.89. The van der Waals surface area contributed by atoms with Gasteiger partial charge in [-0.05, 0) is 22.9 Å². The number of hydrogen-bond acceptors (Lipinski definition) is 4. The van der Waals surface area contributed by atoms with Crippen LogP contribution in [-0.2, 0) is 19.6 Å². The summed E-state index contributed by atoms with van der Waals surface area (Å²) in [4.78, 5) is 11.6. The van der Waals surface area contributed by atoms with Crippen LogP contribution >= 0.6 is 0 Å². The molecule has 22 heavy (non-hydrogen) atoms. The lowest BCUT2D eigenvalue weighted by Crippen LogP contribution is -2.38. The standard InChI is InChI=1S/C15H18N2O4S/c1-21-9-8-16-15(18)11-17-22(19,20)14-7-6-12-4-2-3-5-13(12)10-14/h2-7,10,17H,8-9,11H2,1H3,(H,16,18). The summed E-state index contributed by atoms with van der Waals surface area (Å²) in [6.45, 7) is 0.412. The van der Waals surface area contributed by atoms with Crippen molar-refractivity contribution in [2.75, 3.05) is 26.8 Å².